The quantitative estimate of drug-likeness (QED) is 0.860. The molecule has 4 nitrogen and oxygen atoms in total. The number of anilines is 1. The molecule has 0 bridgehead atoms. The van der Waals surface area contributed by atoms with Crippen molar-refractivity contribution < 1.29 is 9.59 Å². The highest BCUT2D eigenvalue weighted by molar-refractivity contribution is 6.33. The lowest BCUT2D eigenvalue weighted by atomic mass is 10.1. The summed E-state index contributed by atoms with van der Waals surface area (Å²) in [4.78, 5) is 25.6. The van der Waals surface area contributed by atoms with E-state index in [1.165, 1.54) is 12.5 Å². The van der Waals surface area contributed by atoms with E-state index in [1.807, 2.05) is 31.2 Å². The van der Waals surface area contributed by atoms with Crippen LogP contribution in [0, 0.1) is 6.92 Å². The molecule has 5 heteroatoms. The third-order valence-corrected chi connectivity index (χ3v) is 4.03. The van der Waals surface area contributed by atoms with Crippen molar-refractivity contribution in [3.8, 4) is 0 Å². The summed E-state index contributed by atoms with van der Waals surface area (Å²) in [6.07, 6.45) is 0.219. The van der Waals surface area contributed by atoms with Gasteiger partial charge in [-0.1, -0.05) is 53.6 Å². The third-order valence-electron chi connectivity index (χ3n) is 3.70. The van der Waals surface area contributed by atoms with Crippen LogP contribution in [0.25, 0.3) is 0 Å². The van der Waals surface area contributed by atoms with E-state index in [0.717, 1.165) is 5.56 Å². The molecule has 0 aromatic heterocycles. The minimum absolute atomic E-state index is 0.0545. The van der Waals surface area contributed by atoms with Crippen molar-refractivity contribution in [3.05, 3.63) is 64.7 Å². The summed E-state index contributed by atoms with van der Waals surface area (Å²) in [5, 5.41) is 3.26. The number of amides is 2. The van der Waals surface area contributed by atoms with Crippen LogP contribution in [0.4, 0.5) is 5.69 Å². The number of para-hydroxylation sites is 1. The molecule has 0 heterocycles. The van der Waals surface area contributed by atoms with Crippen LogP contribution in [0.15, 0.2) is 48.5 Å². The molecule has 0 fully saturated rings. The van der Waals surface area contributed by atoms with E-state index in [9.17, 15) is 9.59 Å². The first-order chi connectivity index (χ1) is 11.5. The van der Waals surface area contributed by atoms with Gasteiger partial charge in [0.05, 0.1) is 10.7 Å². The first-order valence-electron chi connectivity index (χ1n) is 7.81. The Bertz CT molecular complexity index is 714. The van der Waals surface area contributed by atoms with Crippen molar-refractivity contribution in [3.63, 3.8) is 0 Å². The lowest BCUT2D eigenvalue weighted by Gasteiger charge is -2.21. The number of benzene rings is 2. The third kappa shape index (κ3) is 5.39. The molecule has 0 aliphatic heterocycles. The van der Waals surface area contributed by atoms with E-state index in [0.29, 0.717) is 23.8 Å². The molecule has 0 atom stereocenters. The monoisotopic (exact) mass is 344 g/mol. The lowest BCUT2D eigenvalue weighted by Crippen LogP contribution is -2.31. The Morgan fingerprint density at radius 3 is 2.38 bits per heavy atom. The second-order valence-electron chi connectivity index (χ2n) is 5.70. The molecule has 0 saturated heterocycles. The number of carbonyl (C=O) groups is 2. The van der Waals surface area contributed by atoms with Gasteiger partial charge in [-0.25, -0.2) is 0 Å². The molecule has 2 aromatic carbocycles. The topological polar surface area (TPSA) is 49.4 Å². The molecule has 0 unspecified atom stereocenters. The van der Waals surface area contributed by atoms with Gasteiger partial charge in [-0.2, -0.15) is 0 Å². The first kappa shape index (κ1) is 18.0. The van der Waals surface area contributed by atoms with Crippen LogP contribution < -0.4 is 5.32 Å². The standard InChI is InChI=1S/C19H21ClN2O2/c1-14-7-9-16(10-8-14)13-22(15(2)23)12-11-19(24)21-18-6-4-3-5-17(18)20/h3-10H,11-13H2,1-2H3,(H,21,24). The normalized spacial score (nSPS) is 10.3. The van der Waals surface area contributed by atoms with Gasteiger partial charge in [0.25, 0.3) is 0 Å². The number of rotatable bonds is 6. The SMILES string of the molecule is CC(=O)N(CCC(=O)Nc1ccccc1Cl)Cc1ccc(C)cc1. The van der Waals surface area contributed by atoms with Gasteiger partial charge in [-0.3, -0.25) is 9.59 Å². The molecular weight excluding hydrogens is 324 g/mol. The highest BCUT2D eigenvalue weighted by Crippen LogP contribution is 2.20. The minimum atomic E-state index is -0.168. The van der Waals surface area contributed by atoms with Gasteiger partial charge in [0.15, 0.2) is 0 Å². The van der Waals surface area contributed by atoms with Crippen LogP contribution in [-0.4, -0.2) is 23.3 Å². The second kappa shape index (κ2) is 8.50. The largest absolute Gasteiger partial charge is 0.338 e. The number of aryl methyl sites for hydroxylation is 1. The summed E-state index contributed by atoms with van der Waals surface area (Å²) >= 11 is 6.02. The molecule has 1 N–H and O–H groups in total. The summed E-state index contributed by atoms with van der Waals surface area (Å²) < 4.78 is 0. The fraction of sp³-hybridized carbons (Fsp3) is 0.263. The zero-order valence-corrected chi connectivity index (χ0v) is 14.6. The van der Waals surface area contributed by atoms with E-state index in [2.05, 4.69) is 5.32 Å². The van der Waals surface area contributed by atoms with E-state index in [4.69, 9.17) is 11.6 Å². The average Bonchev–Trinajstić information content (AvgIpc) is 2.55. The van der Waals surface area contributed by atoms with Gasteiger partial charge in [0, 0.05) is 26.4 Å². The average molecular weight is 345 g/mol. The maximum Gasteiger partial charge on any atom is 0.226 e. The van der Waals surface area contributed by atoms with Gasteiger partial charge < -0.3 is 10.2 Å². The molecule has 2 rings (SSSR count). The van der Waals surface area contributed by atoms with Crippen LogP contribution in [0.5, 0.6) is 0 Å². The predicted molar refractivity (Wildman–Crippen MR) is 97.0 cm³/mol. The number of nitrogens with zero attached hydrogens (tertiary/aromatic N) is 1. The van der Waals surface area contributed by atoms with Gasteiger partial charge in [0.2, 0.25) is 11.8 Å². The summed E-state index contributed by atoms with van der Waals surface area (Å²) in [6, 6.07) is 15.1. The highest BCUT2D eigenvalue weighted by atomic mass is 35.5. The van der Waals surface area contributed by atoms with Gasteiger partial charge in [0.1, 0.15) is 0 Å². The molecule has 0 spiro atoms. The summed E-state index contributed by atoms with van der Waals surface area (Å²) in [5.74, 6) is -0.223. The molecular formula is C19H21ClN2O2. The van der Waals surface area contributed by atoms with Crippen molar-refractivity contribution in [1.82, 2.24) is 4.90 Å². The Morgan fingerprint density at radius 1 is 1.08 bits per heavy atom. The van der Waals surface area contributed by atoms with Crippen LogP contribution in [0.2, 0.25) is 5.02 Å². The van der Waals surface area contributed by atoms with E-state index in [1.54, 1.807) is 29.2 Å². The van der Waals surface area contributed by atoms with Crippen molar-refractivity contribution in [2.24, 2.45) is 0 Å². The van der Waals surface area contributed by atoms with Crippen LogP contribution in [0.1, 0.15) is 24.5 Å². The number of nitrogens with one attached hydrogen (secondary N) is 1. The predicted octanol–water partition coefficient (Wildman–Crippen LogP) is 4.03. The summed E-state index contributed by atoms with van der Waals surface area (Å²) in [5.41, 5.74) is 2.80. The van der Waals surface area contributed by atoms with E-state index in [-0.39, 0.29) is 18.2 Å². The maximum atomic E-state index is 12.1. The number of hydrogen-bond donors (Lipinski definition) is 1. The Kier molecular flexibility index (Phi) is 6.38. The van der Waals surface area contributed by atoms with Gasteiger partial charge in [-0.15, -0.1) is 0 Å². The smallest absolute Gasteiger partial charge is 0.226 e. The Morgan fingerprint density at radius 2 is 1.75 bits per heavy atom. The molecule has 2 aromatic rings. The zero-order chi connectivity index (χ0) is 17.5. The molecule has 2 amide bonds. The summed E-state index contributed by atoms with van der Waals surface area (Å²) in [6.45, 7) is 4.39. The van der Waals surface area contributed by atoms with Crippen LogP contribution in [0.3, 0.4) is 0 Å². The highest BCUT2D eigenvalue weighted by Gasteiger charge is 2.12. The van der Waals surface area contributed by atoms with Gasteiger partial charge >= 0.3 is 0 Å². The van der Waals surface area contributed by atoms with Crippen LogP contribution >= 0.6 is 11.6 Å². The van der Waals surface area contributed by atoms with Crippen molar-refractivity contribution >= 4 is 29.1 Å². The molecule has 0 aliphatic carbocycles. The zero-order valence-electron chi connectivity index (χ0n) is 13.9. The fourth-order valence-electron chi connectivity index (χ4n) is 2.27. The fourth-order valence-corrected chi connectivity index (χ4v) is 2.46. The van der Waals surface area contributed by atoms with Crippen LogP contribution in [-0.2, 0) is 16.1 Å². The number of halogens is 1. The molecule has 0 saturated carbocycles. The lowest BCUT2D eigenvalue weighted by molar-refractivity contribution is -0.129. The Labute approximate surface area is 147 Å². The Balaban J connectivity index is 1.91. The second-order valence-corrected chi connectivity index (χ2v) is 6.11. The van der Waals surface area contributed by atoms with Crippen molar-refractivity contribution in [2.75, 3.05) is 11.9 Å². The molecule has 24 heavy (non-hydrogen) atoms. The first-order valence-corrected chi connectivity index (χ1v) is 8.19. The minimum Gasteiger partial charge on any atom is -0.338 e. The summed E-state index contributed by atoms with van der Waals surface area (Å²) in [7, 11) is 0. The van der Waals surface area contributed by atoms with Crippen molar-refractivity contribution in [2.45, 2.75) is 26.8 Å². The Hall–Kier alpha value is -2.33. The maximum absolute atomic E-state index is 12.1. The van der Waals surface area contributed by atoms with Crippen molar-refractivity contribution in [1.29, 1.82) is 0 Å². The molecule has 126 valence electrons. The van der Waals surface area contributed by atoms with Gasteiger partial charge in [-0.05, 0) is 24.6 Å². The van der Waals surface area contributed by atoms with E-state index < -0.39 is 0 Å². The molecule has 0 radical (unpaired) electrons. The van der Waals surface area contributed by atoms with E-state index >= 15 is 0 Å². The number of carbonyl (C=O) groups excluding carboxylic acids is 2. The molecule has 0 aliphatic rings. The number of hydrogen-bond acceptors (Lipinski definition) is 2.